The van der Waals surface area contributed by atoms with Gasteiger partial charge in [0.15, 0.2) is 0 Å². The van der Waals surface area contributed by atoms with Gasteiger partial charge in [0.25, 0.3) is 0 Å². The van der Waals surface area contributed by atoms with Gasteiger partial charge in [-0.3, -0.25) is 0 Å². The average molecular weight is 380 g/mol. The highest BCUT2D eigenvalue weighted by Gasteiger charge is 2.24. The number of likely N-dealkylation sites (N-methyl/N-ethyl adjacent to an activating group) is 1. The lowest BCUT2D eigenvalue weighted by Crippen LogP contribution is -2.51. The van der Waals surface area contributed by atoms with Gasteiger partial charge in [-0.05, 0) is 43.0 Å². The van der Waals surface area contributed by atoms with Gasteiger partial charge in [0.2, 0.25) is 0 Å². The first-order valence-electron chi connectivity index (χ1n) is 9.57. The Morgan fingerprint density at radius 2 is 2.11 bits per heavy atom. The fraction of sp³-hybridized carbons (Fsp3) is 0.364. The van der Waals surface area contributed by atoms with Crippen LogP contribution in [0.15, 0.2) is 48.5 Å². The smallest absolute Gasteiger partial charge is 0.317 e. The Morgan fingerprint density at radius 1 is 1.32 bits per heavy atom. The Labute approximate surface area is 165 Å². The van der Waals surface area contributed by atoms with Crippen LogP contribution in [-0.2, 0) is 6.42 Å². The molecular formula is C22H25FN4O. The monoisotopic (exact) mass is 380 g/mol. The van der Waals surface area contributed by atoms with Gasteiger partial charge < -0.3 is 15.1 Å². The maximum atomic E-state index is 14.3. The van der Waals surface area contributed by atoms with Crippen molar-refractivity contribution in [3.05, 3.63) is 65.5 Å². The second-order valence-electron chi connectivity index (χ2n) is 7.17. The van der Waals surface area contributed by atoms with Crippen molar-refractivity contribution in [1.82, 2.24) is 10.2 Å². The highest BCUT2D eigenvalue weighted by molar-refractivity contribution is 5.74. The van der Waals surface area contributed by atoms with Crippen molar-refractivity contribution in [3.63, 3.8) is 0 Å². The van der Waals surface area contributed by atoms with E-state index in [1.807, 2.05) is 29.2 Å². The molecule has 3 rings (SSSR count). The maximum absolute atomic E-state index is 14.3. The van der Waals surface area contributed by atoms with Crippen molar-refractivity contribution in [3.8, 4) is 6.07 Å². The minimum Gasteiger partial charge on any atom is -0.367 e. The van der Waals surface area contributed by atoms with Gasteiger partial charge in [0.1, 0.15) is 5.82 Å². The number of hydrogen-bond donors (Lipinski definition) is 1. The molecule has 0 radical (unpaired) electrons. The number of carbonyl (C=O) groups excluding carboxylic acids is 1. The fourth-order valence-electron chi connectivity index (χ4n) is 3.47. The van der Waals surface area contributed by atoms with Crippen LogP contribution in [0.2, 0.25) is 0 Å². The van der Waals surface area contributed by atoms with Gasteiger partial charge in [-0.25, -0.2) is 9.18 Å². The molecule has 1 saturated heterocycles. The number of urea groups is 1. The molecule has 1 heterocycles. The quantitative estimate of drug-likeness (QED) is 0.863. The normalized spacial score (nSPS) is 16.3. The molecule has 1 atom stereocenters. The number of halogens is 1. The number of nitrogens with zero attached hydrogens (tertiary/aromatic N) is 3. The van der Waals surface area contributed by atoms with Crippen LogP contribution in [0, 0.1) is 17.1 Å². The number of amides is 2. The summed E-state index contributed by atoms with van der Waals surface area (Å²) in [6.07, 6.45) is 2.54. The molecular weight excluding hydrogens is 355 g/mol. The van der Waals surface area contributed by atoms with Gasteiger partial charge in [-0.15, -0.1) is 0 Å². The van der Waals surface area contributed by atoms with Gasteiger partial charge in [-0.2, -0.15) is 5.26 Å². The van der Waals surface area contributed by atoms with Crippen LogP contribution in [0.3, 0.4) is 0 Å². The minimum atomic E-state index is -0.397. The number of hydrogen-bond acceptors (Lipinski definition) is 3. The summed E-state index contributed by atoms with van der Waals surface area (Å²) in [4.78, 5) is 16.1. The molecule has 5 nitrogen and oxygen atoms in total. The van der Waals surface area contributed by atoms with Gasteiger partial charge in [0, 0.05) is 32.7 Å². The van der Waals surface area contributed by atoms with Crippen LogP contribution in [0.5, 0.6) is 0 Å². The lowest BCUT2D eigenvalue weighted by atomic mass is 10.0. The molecule has 0 aliphatic carbocycles. The zero-order chi connectivity index (χ0) is 19.9. The van der Waals surface area contributed by atoms with E-state index in [9.17, 15) is 9.18 Å². The zero-order valence-corrected chi connectivity index (χ0v) is 16.1. The Bertz CT molecular complexity index is 849. The summed E-state index contributed by atoms with van der Waals surface area (Å²) in [5.74, 6) is -0.397. The number of carbonyl (C=O) groups is 1. The summed E-state index contributed by atoms with van der Waals surface area (Å²) in [7, 11) is 1.79. The Morgan fingerprint density at radius 3 is 2.82 bits per heavy atom. The molecule has 1 N–H and O–H groups in total. The third-order valence-corrected chi connectivity index (χ3v) is 5.09. The molecule has 1 unspecified atom stereocenters. The number of nitriles is 1. The van der Waals surface area contributed by atoms with Crippen LogP contribution < -0.4 is 10.2 Å². The highest BCUT2D eigenvalue weighted by Crippen LogP contribution is 2.24. The Kier molecular flexibility index (Phi) is 6.49. The largest absolute Gasteiger partial charge is 0.367 e. The number of rotatable bonds is 5. The number of piperidine rings is 1. The first-order valence-corrected chi connectivity index (χ1v) is 9.57. The second kappa shape index (κ2) is 9.23. The number of benzene rings is 2. The Balaban J connectivity index is 1.54. The van der Waals surface area contributed by atoms with E-state index in [0.717, 1.165) is 25.8 Å². The molecule has 1 aliphatic rings. The molecule has 0 saturated carbocycles. The van der Waals surface area contributed by atoms with E-state index >= 15 is 0 Å². The van der Waals surface area contributed by atoms with E-state index in [2.05, 4.69) is 17.4 Å². The molecule has 146 valence electrons. The molecule has 0 aromatic heterocycles. The molecule has 2 amide bonds. The summed E-state index contributed by atoms with van der Waals surface area (Å²) in [5.41, 5.74) is 1.99. The molecule has 0 spiro atoms. The molecule has 0 bridgehead atoms. The van der Waals surface area contributed by atoms with E-state index < -0.39 is 5.82 Å². The first kappa shape index (κ1) is 19.7. The number of anilines is 1. The summed E-state index contributed by atoms with van der Waals surface area (Å²) < 4.78 is 14.3. The van der Waals surface area contributed by atoms with E-state index in [1.54, 1.807) is 24.1 Å². The van der Waals surface area contributed by atoms with Crippen LogP contribution >= 0.6 is 0 Å². The molecule has 6 heteroatoms. The lowest BCUT2D eigenvalue weighted by Gasteiger charge is -2.35. The van der Waals surface area contributed by atoms with E-state index in [0.29, 0.717) is 24.3 Å². The predicted octanol–water partition coefficient (Wildman–Crippen LogP) is 3.55. The summed E-state index contributed by atoms with van der Waals surface area (Å²) in [5, 5.41) is 12.0. The van der Waals surface area contributed by atoms with E-state index in [-0.39, 0.29) is 12.1 Å². The summed E-state index contributed by atoms with van der Waals surface area (Å²) in [6.45, 7) is 1.93. The highest BCUT2D eigenvalue weighted by atomic mass is 19.1. The molecule has 1 fully saturated rings. The van der Waals surface area contributed by atoms with Crippen molar-refractivity contribution < 1.29 is 9.18 Å². The standard InChI is InChI=1S/C22H25FN4O/c1-26(13-11-17-6-3-2-4-7-17)22(28)25-19-8-5-12-27(16-19)21-10-9-18(15-24)14-20(21)23/h2-4,6-7,9-10,14,19H,5,8,11-13,16H2,1H3,(H,25,28). The van der Waals surface area contributed by atoms with Crippen molar-refractivity contribution in [2.45, 2.75) is 25.3 Å². The van der Waals surface area contributed by atoms with Crippen LogP contribution in [0.4, 0.5) is 14.9 Å². The van der Waals surface area contributed by atoms with Crippen LogP contribution in [0.25, 0.3) is 0 Å². The predicted molar refractivity (Wildman–Crippen MR) is 108 cm³/mol. The van der Waals surface area contributed by atoms with Crippen molar-refractivity contribution in [2.24, 2.45) is 0 Å². The van der Waals surface area contributed by atoms with Crippen molar-refractivity contribution >= 4 is 11.7 Å². The SMILES string of the molecule is CN(CCc1ccccc1)C(=O)NC1CCCN(c2ccc(C#N)cc2F)C1. The van der Waals surface area contributed by atoms with E-state index in [1.165, 1.54) is 11.6 Å². The first-order chi connectivity index (χ1) is 13.6. The third-order valence-electron chi connectivity index (χ3n) is 5.09. The molecule has 2 aromatic carbocycles. The van der Waals surface area contributed by atoms with Gasteiger partial charge >= 0.3 is 6.03 Å². The van der Waals surface area contributed by atoms with Gasteiger partial charge in [0.05, 0.1) is 17.3 Å². The van der Waals surface area contributed by atoms with Crippen LogP contribution in [0.1, 0.15) is 24.0 Å². The minimum absolute atomic E-state index is 0.0320. The van der Waals surface area contributed by atoms with Crippen molar-refractivity contribution in [1.29, 1.82) is 5.26 Å². The van der Waals surface area contributed by atoms with Crippen LogP contribution in [-0.4, -0.2) is 43.7 Å². The molecule has 28 heavy (non-hydrogen) atoms. The average Bonchev–Trinajstić information content (AvgIpc) is 2.72. The third kappa shape index (κ3) is 5.01. The van der Waals surface area contributed by atoms with Gasteiger partial charge in [-0.1, -0.05) is 30.3 Å². The van der Waals surface area contributed by atoms with Crippen molar-refractivity contribution in [2.75, 3.05) is 31.6 Å². The fourth-order valence-corrected chi connectivity index (χ4v) is 3.47. The topological polar surface area (TPSA) is 59.4 Å². The summed E-state index contributed by atoms with van der Waals surface area (Å²) in [6, 6.07) is 16.4. The molecule has 1 aliphatic heterocycles. The number of nitrogens with one attached hydrogen (secondary N) is 1. The Hall–Kier alpha value is -3.07. The lowest BCUT2D eigenvalue weighted by molar-refractivity contribution is 0.203. The van der Waals surface area contributed by atoms with E-state index in [4.69, 9.17) is 5.26 Å². The second-order valence-corrected chi connectivity index (χ2v) is 7.17. The summed E-state index contributed by atoms with van der Waals surface area (Å²) >= 11 is 0. The molecule has 2 aromatic rings. The zero-order valence-electron chi connectivity index (χ0n) is 16.1. The maximum Gasteiger partial charge on any atom is 0.317 e.